The predicted molar refractivity (Wildman–Crippen MR) is 71.7 cm³/mol. The van der Waals surface area contributed by atoms with Crippen LogP contribution in [0.3, 0.4) is 0 Å². The van der Waals surface area contributed by atoms with Crippen molar-refractivity contribution >= 4 is 0 Å². The van der Waals surface area contributed by atoms with Gasteiger partial charge in [0.05, 0.1) is 32.5 Å². The first kappa shape index (κ1) is 16.0. The fourth-order valence-electron chi connectivity index (χ4n) is 1.66. The molecule has 0 aliphatic rings. The van der Waals surface area contributed by atoms with Gasteiger partial charge in [-0.1, -0.05) is 12.1 Å². The van der Waals surface area contributed by atoms with Crippen LogP contribution in [-0.4, -0.2) is 47.1 Å². The van der Waals surface area contributed by atoms with E-state index in [2.05, 4.69) is 5.32 Å². The number of methoxy groups -OCH3 is 1. The predicted octanol–water partition coefficient (Wildman–Crippen LogP) is 1.77. The van der Waals surface area contributed by atoms with Crippen molar-refractivity contribution in [2.24, 2.45) is 0 Å². The lowest BCUT2D eigenvalue weighted by Crippen LogP contribution is -2.21. The molecule has 4 nitrogen and oxygen atoms in total. The largest absolute Gasteiger partial charge is 0.382 e. The summed E-state index contributed by atoms with van der Waals surface area (Å²) in [4.78, 5) is 0. The molecule has 1 N–H and O–H groups in total. The lowest BCUT2D eigenvalue weighted by molar-refractivity contribution is -0.00639. The van der Waals surface area contributed by atoms with Crippen molar-refractivity contribution in [1.82, 2.24) is 5.32 Å². The molecular formula is C14H22FNO3. The Bertz CT molecular complexity index is 349. The number of nitrogens with one attached hydrogen (secondary N) is 1. The molecule has 0 amide bonds. The molecule has 1 rings (SSSR count). The van der Waals surface area contributed by atoms with Gasteiger partial charge in [0.1, 0.15) is 5.82 Å². The molecule has 0 aliphatic heterocycles. The Morgan fingerprint density at radius 3 is 2.68 bits per heavy atom. The van der Waals surface area contributed by atoms with Gasteiger partial charge < -0.3 is 19.5 Å². The number of ether oxygens (including phenoxy) is 3. The van der Waals surface area contributed by atoms with Crippen molar-refractivity contribution in [2.75, 3.05) is 47.1 Å². The Hall–Kier alpha value is -1.01. The van der Waals surface area contributed by atoms with E-state index in [1.807, 2.05) is 13.1 Å². The average molecular weight is 271 g/mol. The summed E-state index contributed by atoms with van der Waals surface area (Å²) in [5.74, 6) is -0.251. The van der Waals surface area contributed by atoms with Crippen LogP contribution in [-0.2, 0) is 14.2 Å². The quantitative estimate of drug-likeness (QED) is 0.658. The molecule has 19 heavy (non-hydrogen) atoms. The van der Waals surface area contributed by atoms with E-state index >= 15 is 0 Å². The molecule has 0 aliphatic carbocycles. The molecule has 0 bridgehead atoms. The minimum atomic E-state index is -0.251. The molecular weight excluding hydrogens is 249 g/mol. The van der Waals surface area contributed by atoms with Gasteiger partial charge in [0.25, 0.3) is 0 Å². The monoisotopic (exact) mass is 271 g/mol. The van der Waals surface area contributed by atoms with Crippen LogP contribution in [0.4, 0.5) is 4.39 Å². The highest BCUT2D eigenvalue weighted by Crippen LogP contribution is 2.17. The Balaban J connectivity index is 2.36. The van der Waals surface area contributed by atoms with Crippen LogP contribution in [0.2, 0.25) is 0 Å². The van der Waals surface area contributed by atoms with E-state index in [-0.39, 0.29) is 11.9 Å². The zero-order valence-electron chi connectivity index (χ0n) is 11.5. The molecule has 0 radical (unpaired) electrons. The van der Waals surface area contributed by atoms with Crippen molar-refractivity contribution in [3.63, 3.8) is 0 Å². The van der Waals surface area contributed by atoms with E-state index in [0.717, 1.165) is 5.56 Å². The third-order valence-electron chi connectivity index (χ3n) is 2.59. The molecule has 1 aromatic carbocycles. The molecule has 1 atom stereocenters. The summed E-state index contributed by atoms with van der Waals surface area (Å²) >= 11 is 0. The minimum absolute atomic E-state index is 0.174. The third-order valence-corrected chi connectivity index (χ3v) is 2.59. The van der Waals surface area contributed by atoms with Crippen LogP contribution in [0.25, 0.3) is 0 Å². The number of halogens is 1. The second kappa shape index (κ2) is 9.86. The molecule has 0 saturated carbocycles. The van der Waals surface area contributed by atoms with Gasteiger partial charge in [-0.2, -0.15) is 0 Å². The number of benzene rings is 1. The number of rotatable bonds is 10. The van der Waals surface area contributed by atoms with Gasteiger partial charge in [0.15, 0.2) is 0 Å². The van der Waals surface area contributed by atoms with Crippen molar-refractivity contribution in [3.05, 3.63) is 35.6 Å². The first-order chi connectivity index (χ1) is 9.27. The van der Waals surface area contributed by atoms with Crippen LogP contribution >= 0.6 is 0 Å². The van der Waals surface area contributed by atoms with E-state index in [0.29, 0.717) is 33.0 Å². The van der Waals surface area contributed by atoms with E-state index in [1.165, 1.54) is 12.1 Å². The topological polar surface area (TPSA) is 39.7 Å². The van der Waals surface area contributed by atoms with Crippen LogP contribution in [0.15, 0.2) is 24.3 Å². The fraction of sp³-hybridized carbons (Fsp3) is 0.571. The van der Waals surface area contributed by atoms with Crippen molar-refractivity contribution in [2.45, 2.75) is 6.10 Å². The van der Waals surface area contributed by atoms with Crippen molar-refractivity contribution < 1.29 is 18.6 Å². The van der Waals surface area contributed by atoms with Gasteiger partial charge in [-0.15, -0.1) is 0 Å². The van der Waals surface area contributed by atoms with Gasteiger partial charge in [0, 0.05) is 13.7 Å². The number of hydrogen-bond acceptors (Lipinski definition) is 4. The number of likely N-dealkylation sites (N-methyl/N-ethyl adjacent to an activating group) is 1. The molecule has 1 aromatic rings. The lowest BCUT2D eigenvalue weighted by Gasteiger charge is -2.18. The summed E-state index contributed by atoms with van der Waals surface area (Å²) in [5, 5.41) is 3.04. The molecule has 0 fully saturated rings. The third kappa shape index (κ3) is 6.63. The smallest absolute Gasteiger partial charge is 0.123 e. The summed E-state index contributed by atoms with van der Waals surface area (Å²) in [6.07, 6.45) is -0.174. The highest BCUT2D eigenvalue weighted by Gasteiger charge is 2.11. The van der Waals surface area contributed by atoms with Crippen LogP contribution in [0.5, 0.6) is 0 Å². The maximum atomic E-state index is 13.2. The maximum absolute atomic E-state index is 13.2. The maximum Gasteiger partial charge on any atom is 0.123 e. The molecule has 5 heteroatoms. The standard InChI is InChI=1S/C14H22FNO3/c1-16-11-14(12-4-3-5-13(15)10-12)19-9-8-18-7-6-17-2/h3-5,10,14,16H,6-9,11H2,1-2H3. The van der Waals surface area contributed by atoms with Gasteiger partial charge in [-0.3, -0.25) is 0 Å². The summed E-state index contributed by atoms with van der Waals surface area (Å²) < 4.78 is 29.1. The van der Waals surface area contributed by atoms with Crippen molar-refractivity contribution in [1.29, 1.82) is 0 Å². The van der Waals surface area contributed by atoms with Gasteiger partial charge >= 0.3 is 0 Å². The highest BCUT2D eigenvalue weighted by molar-refractivity contribution is 5.19. The van der Waals surface area contributed by atoms with Crippen LogP contribution in [0.1, 0.15) is 11.7 Å². The second-order valence-electron chi connectivity index (χ2n) is 4.08. The van der Waals surface area contributed by atoms with E-state index in [9.17, 15) is 4.39 Å². The molecule has 0 spiro atoms. The first-order valence-electron chi connectivity index (χ1n) is 6.36. The zero-order valence-corrected chi connectivity index (χ0v) is 11.5. The van der Waals surface area contributed by atoms with E-state index < -0.39 is 0 Å². The van der Waals surface area contributed by atoms with E-state index in [4.69, 9.17) is 14.2 Å². The summed E-state index contributed by atoms with van der Waals surface area (Å²) in [7, 11) is 3.47. The second-order valence-corrected chi connectivity index (χ2v) is 4.08. The highest BCUT2D eigenvalue weighted by atomic mass is 19.1. The van der Waals surface area contributed by atoms with Crippen LogP contribution in [0, 0.1) is 5.82 Å². The number of hydrogen-bond donors (Lipinski definition) is 1. The summed E-state index contributed by atoms with van der Waals surface area (Å²) in [6, 6.07) is 6.46. The zero-order chi connectivity index (χ0) is 13.9. The normalized spacial score (nSPS) is 12.6. The molecule has 0 saturated heterocycles. The Morgan fingerprint density at radius 2 is 2.00 bits per heavy atom. The Labute approximate surface area is 113 Å². The van der Waals surface area contributed by atoms with E-state index in [1.54, 1.807) is 13.2 Å². The lowest BCUT2D eigenvalue weighted by atomic mass is 10.1. The Morgan fingerprint density at radius 1 is 1.21 bits per heavy atom. The molecule has 0 heterocycles. The Kier molecular flexibility index (Phi) is 8.33. The molecule has 1 unspecified atom stereocenters. The van der Waals surface area contributed by atoms with Crippen molar-refractivity contribution in [3.8, 4) is 0 Å². The molecule has 0 aromatic heterocycles. The average Bonchev–Trinajstić information content (AvgIpc) is 2.41. The summed E-state index contributed by atoms with van der Waals surface area (Å²) in [5.41, 5.74) is 0.825. The van der Waals surface area contributed by atoms with Crippen LogP contribution < -0.4 is 5.32 Å². The summed E-state index contributed by atoms with van der Waals surface area (Å²) in [6.45, 7) is 2.72. The van der Waals surface area contributed by atoms with Gasteiger partial charge in [-0.25, -0.2) is 4.39 Å². The minimum Gasteiger partial charge on any atom is -0.382 e. The van der Waals surface area contributed by atoms with Gasteiger partial charge in [0.2, 0.25) is 0 Å². The van der Waals surface area contributed by atoms with Gasteiger partial charge in [-0.05, 0) is 24.7 Å². The first-order valence-corrected chi connectivity index (χ1v) is 6.36. The SMILES string of the molecule is CNCC(OCCOCCOC)c1cccc(F)c1. The fourth-order valence-corrected chi connectivity index (χ4v) is 1.66. The molecule has 108 valence electrons.